The van der Waals surface area contributed by atoms with Crippen LogP contribution in [-0.4, -0.2) is 23.0 Å². The second-order valence-electron chi connectivity index (χ2n) is 3.40. The fourth-order valence-electron chi connectivity index (χ4n) is 1.42. The first kappa shape index (κ1) is 11.1. The number of rotatable bonds is 2. The Morgan fingerprint density at radius 2 is 2.12 bits per heavy atom. The molecule has 0 bridgehead atoms. The van der Waals surface area contributed by atoms with Gasteiger partial charge < -0.3 is 9.72 Å². The lowest BCUT2D eigenvalue weighted by molar-refractivity contribution is 0.0600. The molecule has 0 saturated carbocycles. The number of ether oxygens (including phenoxy) is 1. The molecule has 0 aliphatic rings. The maximum absolute atomic E-state index is 11.3. The quantitative estimate of drug-likeness (QED) is 0.787. The highest BCUT2D eigenvalue weighted by Crippen LogP contribution is 2.17. The monoisotopic (exact) mass is 230 g/mol. The van der Waals surface area contributed by atoms with Crippen LogP contribution < -0.4 is 5.56 Å². The molecule has 0 radical (unpaired) electrons. The number of carbonyl (C=O) groups excluding carboxylic acids is 1. The Morgan fingerprint density at radius 3 is 2.76 bits per heavy atom. The third-order valence-corrected chi connectivity index (χ3v) is 2.28. The minimum atomic E-state index is -0.441. The highest BCUT2D eigenvalue weighted by Gasteiger charge is 2.07. The molecule has 0 aromatic carbocycles. The first-order chi connectivity index (χ1) is 8.20. The fraction of sp³-hybridized carbons (Fsp3) is 0.0833. The Morgan fingerprint density at radius 1 is 1.29 bits per heavy atom. The average Bonchev–Trinajstić information content (AvgIpc) is 2.39. The van der Waals surface area contributed by atoms with Crippen LogP contribution in [0.3, 0.4) is 0 Å². The van der Waals surface area contributed by atoms with Crippen molar-refractivity contribution in [3.8, 4) is 11.1 Å². The van der Waals surface area contributed by atoms with Crippen molar-refractivity contribution in [2.45, 2.75) is 0 Å². The van der Waals surface area contributed by atoms with E-state index in [1.807, 2.05) is 0 Å². The summed E-state index contributed by atoms with van der Waals surface area (Å²) in [6.45, 7) is 0. The smallest absolute Gasteiger partial charge is 0.339 e. The van der Waals surface area contributed by atoms with Crippen LogP contribution in [0.2, 0.25) is 0 Å². The molecule has 86 valence electrons. The van der Waals surface area contributed by atoms with E-state index in [0.29, 0.717) is 5.56 Å². The normalized spacial score (nSPS) is 9.94. The van der Waals surface area contributed by atoms with Gasteiger partial charge in [0.25, 0.3) is 0 Å². The molecule has 0 fully saturated rings. The molecular formula is C12H10N2O3. The highest BCUT2D eigenvalue weighted by atomic mass is 16.5. The molecule has 2 rings (SSSR count). The Bertz CT molecular complexity index is 584. The number of carbonyl (C=O) groups is 1. The number of H-pyrrole nitrogens is 1. The Labute approximate surface area is 97.1 Å². The van der Waals surface area contributed by atoms with Gasteiger partial charge in [-0.1, -0.05) is 0 Å². The molecule has 0 saturated heterocycles. The molecule has 17 heavy (non-hydrogen) atoms. The fourth-order valence-corrected chi connectivity index (χ4v) is 1.42. The van der Waals surface area contributed by atoms with Gasteiger partial charge in [0.1, 0.15) is 0 Å². The van der Waals surface area contributed by atoms with Crippen LogP contribution >= 0.6 is 0 Å². The van der Waals surface area contributed by atoms with E-state index in [1.165, 1.54) is 19.4 Å². The molecule has 0 unspecified atom stereocenters. The third-order valence-electron chi connectivity index (χ3n) is 2.28. The van der Waals surface area contributed by atoms with Crippen molar-refractivity contribution in [3.05, 3.63) is 52.7 Å². The van der Waals surface area contributed by atoms with Gasteiger partial charge >= 0.3 is 5.97 Å². The summed E-state index contributed by atoms with van der Waals surface area (Å²) in [5.41, 5.74) is 1.72. The topological polar surface area (TPSA) is 72.0 Å². The van der Waals surface area contributed by atoms with Crippen molar-refractivity contribution in [2.24, 2.45) is 0 Å². The first-order valence-electron chi connectivity index (χ1n) is 4.93. The molecule has 0 atom stereocenters. The standard InChI is InChI=1S/C12H10N2O3/c1-17-12(16)10-4-9(5-13-6-10)8-2-3-11(15)14-7-8/h2-7H,1H3,(H,14,15). The van der Waals surface area contributed by atoms with E-state index in [0.717, 1.165) is 11.1 Å². The minimum Gasteiger partial charge on any atom is -0.465 e. The number of methoxy groups -OCH3 is 1. The largest absolute Gasteiger partial charge is 0.465 e. The molecule has 0 spiro atoms. The van der Waals surface area contributed by atoms with Crippen molar-refractivity contribution in [1.82, 2.24) is 9.97 Å². The lowest BCUT2D eigenvalue weighted by Gasteiger charge is -2.03. The summed E-state index contributed by atoms with van der Waals surface area (Å²) >= 11 is 0. The number of esters is 1. The molecular weight excluding hydrogens is 220 g/mol. The van der Waals surface area contributed by atoms with Gasteiger partial charge in [0.2, 0.25) is 5.56 Å². The van der Waals surface area contributed by atoms with Crippen LogP contribution in [0.5, 0.6) is 0 Å². The average molecular weight is 230 g/mol. The number of nitrogens with zero attached hydrogens (tertiary/aromatic N) is 1. The number of aromatic nitrogens is 2. The van der Waals surface area contributed by atoms with Crippen molar-refractivity contribution >= 4 is 5.97 Å². The highest BCUT2D eigenvalue weighted by molar-refractivity contribution is 5.90. The maximum atomic E-state index is 11.3. The third kappa shape index (κ3) is 2.39. The summed E-state index contributed by atoms with van der Waals surface area (Å²) in [4.78, 5) is 28.8. The molecule has 0 aliphatic carbocycles. The molecule has 0 amide bonds. The first-order valence-corrected chi connectivity index (χ1v) is 4.93. The van der Waals surface area contributed by atoms with Gasteiger partial charge in [-0.2, -0.15) is 0 Å². The molecule has 2 heterocycles. The second-order valence-corrected chi connectivity index (χ2v) is 3.40. The van der Waals surface area contributed by atoms with Gasteiger partial charge in [-0.25, -0.2) is 4.79 Å². The predicted octanol–water partition coefficient (Wildman–Crippen LogP) is 1.22. The zero-order valence-corrected chi connectivity index (χ0v) is 9.14. The summed E-state index contributed by atoms with van der Waals surface area (Å²) in [6.07, 6.45) is 4.61. The van der Waals surface area contributed by atoms with E-state index in [1.54, 1.807) is 24.5 Å². The molecule has 2 aromatic heterocycles. The maximum Gasteiger partial charge on any atom is 0.339 e. The number of hydrogen-bond acceptors (Lipinski definition) is 4. The van der Waals surface area contributed by atoms with Crippen LogP contribution in [0.4, 0.5) is 0 Å². The van der Waals surface area contributed by atoms with Crippen molar-refractivity contribution in [2.75, 3.05) is 7.11 Å². The van der Waals surface area contributed by atoms with E-state index < -0.39 is 5.97 Å². The molecule has 2 aromatic rings. The summed E-state index contributed by atoms with van der Waals surface area (Å²) in [5.74, 6) is -0.441. The van der Waals surface area contributed by atoms with Crippen LogP contribution in [0.15, 0.2) is 41.6 Å². The van der Waals surface area contributed by atoms with Gasteiger partial charge in [0, 0.05) is 30.2 Å². The summed E-state index contributed by atoms with van der Waals surface area (Å²) in [7, 11) is 1.31. The second kappa shape index (κ2) is 4.61. The van der Waals surface area contributed by atoms with E-state index >= 15 is 0 Å². The molecule has 5 nitrogen and oxygen atoms in total. The van der Waals surface area contributed by atoms with Crippen molar-refractivity contribution in [1.29, 1.82) is 0 Å². The van der Waals surface area contributed by atoms with E-state index in [9.17, 15) is 9.59 Å². The lowest BCUT2D eigenvalue weighted by Crippen LogP contribution is -2.03. The predicted molar refractivity (Wildman–Crippen MR) is 61.6 cm³/mol. The van der Waals surface area contributed by atoms with Gasteiger partial charge in [0.05, 0.1) is 12.7 Å². The molecule has 0 aliphatic heterocycles. The van der Waals surface area contributed by atoms with E-state index in [-0.39, 0.29) is 5.56 Å². The van der Waals surface area contributed by atoms with Crippen LogP contribution in [0.1, 0.15) is 10.4 Å². The molecule has 1 N–H and O–H groups in total. The summed E-state index contributed by atoms with van der Waals surface area (Å²) < 4.78 is 4.61. The van der Waals surface area contributed by atoms with Crippen molar-refractivity contribution in [3.63, 3.8) is 0 Å². The summed E-state index contributed by atoms with van der Waals surface area (Å²) in [5, 5.41) is 0. The van der Waals surface area contributed by atoms with Crippen LogP contribution in [0, 0.1) is 0 Å². The lowest BCUT2D eigenvalue weighted by atomic mass is 10.1. The number of pyridine rings is 2. The SMILES string of the molecule is COC(=O)c1cncc(-c2ccc(=O)[nH]c2)c1. The Kier molecular flexibility index (Phi) is 3.00. The van der Waals surface area contributed by atoms with Crippen LogP contribution in [0.25, 0.3) is 11.1 Å². The van der Waals surface area contributed by atoms with E-state index in [4.69, 9.17) is 0 Å². The summed E-state index contributed by atoms with van der Waals surface area (Å²) in [6, 6.07) is 4.74. The van der Waals surface area contributed by atoms with Gasteiger partial charge in [0.15, 0.2) is 0 Å². The zero-order chi connectivity index (χ0) is 12.3. The zero-order valence-electron chi connectivity index (χ0n) is 9.14. The van der Waals surface area contributed by atoms with Crippen LogP contribution in [-0.2, 0) is 4.74 Å². The number of nitrogens with one attached hydrogen (secondary N) is 1. The van der Waals surface area contributed by atoms with Gasteiger partial charge in [-0.05, 0) is 17.7 Å². The minimum absolute atomic E-state index is 0.175. The molecule has 5 heteroatoms. The number of hydrogen-bond donors (Lipinski definition) is 1. The van der Waals surface area contributed by atoms with Gasteiger partial charge in [-0.15, -0.1) is 0 Å². The Balaban J connectivity index is 2.42. The number of aromatic amines is 1. The Hall–Kier alpha value is -2.43. The van der Waals surface area contributed by atoms with E-state index in [2.05, 4.69) is 14.7 Å². The van der Waals surface area contributed by atoms with Gasteiger partial charge in [-0.3, -0.25) is 9.78 Å². The van der Waals surface area contributed by atoms with Crippen molar-refractivity contribution < 1.29 is 9.53 Å².